The van der Waals surface area contributed by atoms with Crippen LogP contribution in [0.1, 0.15) is 41.6 Å². The maximum absolute atomic E-state index is 12.9. The number of benzene rings is 2. The zero-order valence-electron chi connectivity index (χ0n) is 19.3. The lowest BCUT2D eigenvalue weighted by atomic mass is 10.1. The highest BCUT2D eigenvalue weighted by Gasteiger charge is 2.19. The van der Waals surface area contributed by atoms with E-state index >= 15 is 0 Å². The molecule has 0 atom stereocenters. The number of carbonyl (C=O) groups excluding carboxylic acids is 2. The summed E-state index contributed by atoms with van der Waals surface area (Å²) < 4.78 is 5.04. The number of nitrogens with one attached hydrogen (secondary N) is 2. The Hall–Kier alpha value is -3.72. The molecule has 0 saturated carbocycles. The van der Waals surface area contributed by atoms with Crippen molar-refractivity contribution in [3.05, 3.63) is 69.8 Å². The van der Waals surface area contributed by atoms with E-state index in [4.69, 9.17) is 4.74 Å². The van der Waals surface area contributed by atoms with Gasteiger partial charge in [-0.05, 0) is 67.7 Å². The summed E-state index contributed by atoms with van der Waals surface area (Å²) >= 11 is 0. The van der Waals surface area contributed by atoms with E-state index in [9.17, 15) is 19.7 Å². The fraction of sp³-hybridized carbons (Fsp3) is 0.360. The molecule has 0 unspecified atom stereocenters. The van der Waals surface area contributed by atoms with Gasteiger partial charge in [-0.1, -0.05) is 0 Å². The fourth-order valence-electron chi connectivity index (χ4n) is 3.78. The lowest BCUT2D eigenvalue weighted by Gasteiger charge is -2.30. The Labute approximate surface area is 198 Å². The quantitative estimate of drug-likeness (QED) is 0.237. The molecule has 2 aromatic rings. The van der Waals surface area contributed by atoms with Gasteiger partial charge in [0, 0.05) is 62.9 Å². The van der Waals surface area contributed by atoms with Crippen LogP contribution >= 0.6 is 0 Å². The summed E-state index contributed by atoms with van der Waals surface area (Å²) in [4.78, 5) is 37.9. The topological polar surface area (TPSA) is 114 Å². The molecule has 1 aliphatic rings. The predicted molar refractivity (Wildman–Crippen MR) is 132 cm³/mol. The van der Waals surface area contributed by atoms with E-state index in [0.717, 1.165) is 31.6 Å². The summed E-state index contributed by atoms with van der Waals surface area (Å²) in [5.74, 6) is -0.551. The number of amides is 2. The Bertz CT molecular complexity index is 1030. The fourth-order valence-corrected chi connectivity index (χ4v) is 3.78. The van der Waals surface area contributed by atoms with Gasteiger partial charge in [0.2, 0.25) is 5.91 Å². The van der Waals surface area contributed by atoms with Gasteiger partial charge in [0.1, 0.15) is 0 Å². The number of hydrogen-bond acceptors (Lipinski definition) is 6. The van der Waals surface area contributed by atoms with Crippen molar-refractivity contribution in [1.82, 2.24) is 5.32 Å². The minimum absolute atomic E-state index is 0.0107. The molecule has 0 aromatic heterocycles. The monoisotopic (exact) mass is 466 g/mol. The summed E-state index contributed by atoms with van der Waals surface area (Å²) in [7, 11) is 1.62. The smallest absolute Gasteiger partial charge is 0.269 e. The molecule has 2 N–H and O–H groups in total. The molecule has 0 spiro atoms. The number of piperidine rings is 1. The zero-order chi connectivity index (χ0) is 24.3. The maximum atomic E-state index is 12.9. The molecule has 0 radical (unpaired) electrons. The third-order valence-electron chi connectivity index (χ3n) is 5.55. The normalized spacial score (nSPS) is 13.6. The number of anilines is 2. The molecule has 180 valence electrons. The molecular weight excluding hydrogens is 436 g/mol. The van der Waals surface area contributed by atoms with Crippen LogP contribution in [0.2, 0.25) is 0 Å². The van der Waals surface area contributed by atoms with Crippen LogP contribution in [0.5, 0.6) is 0 Å². The average Bonchev–Trinajstić information content (AvgIpc) is 2.86. The summed E-state index contributed by atoms with van der Waals surface area (Å²) in [5.41, 5.74) is 2.56. The Morgan fingerprint density at radius 3 is 2.53 bits per heavy atom. The highest BCUT2D eigenvalue weighted by molar-refractivity contribution is 6.05. The molecule has 1 aliphatic heterocycles. The van der Waals surface area contributed by atoms with Gasteiger partial charge < -0.3 is 20.3 Å². The number of ether oxygens (including phenoxy) is 1. The van der Waals surface area contributed by atoms with E-state index in [1.807, 2.05) is 6.07 Å². The van der Waals surface area contributed by atoms with Crippen molar-refractivity contribution in [3.8, 4) is 0 Å². The number of rotatable bonds is 10. The van der Waals surface area contributed by atoms with Gasteiger partial charge in [-0.25, -0.2) is 0 Å². The van der Waals surface area contributed by atoms with Crippen molar-refractivity contribution >= 4 is 35.0 Å². The molecule has 3 rings (SSSR count). The molecule has 0 aliphatic carbocycles. The molecule has 1 saturated heterocycles. The van der Waals surface area contributed by atoms with Crippen LogP contribution in [-0.2, 0) is 9.53 Å². The molecular formula is C25H30N4O5. The number of methoxy groups -OCH3 is 1. The van der Waals surface area contributed by atoms with E-state index in [1.54, 1.807) is 37.5 Å². The van der Waals surface area contributed by atoms with Crippen molar-refractivity contribution in [1.29, 1.82) is 0 Å². The summed E-state index contributed by atoms with van der Waals surface area (Å²) in [6.07, 6.45) is 6.99. The van der Waals surface area contributed by atoms with Crippen molar-refractivity contribution < 1.29 is 19.2 Å². The molecule has 2 aromatic carbocycles. The van der Waals surface area contributed by atoms with Gasteiger partial charge in [-0.2, -0.15) is 0 Å². The lowest BCUT2D eigenvalue weighted by molar-refractivity contribution is -0.384. The first kappa shape index (κ1) is 24.9. The van der Waals surface area contributed by atoms with Crippen LogP contribution < -0.4 is 15.5 Å². The molecule has 2 amide bonds. The minimum atomic E-state index is -0.473. The van der Waals surface area contributed by atoms with Crippen LogP contribution in [0, 0.1) is 10.1 Å². The SMILES string of the molecule is COCCCNC(=O)c1cc(NC(=O)/C=C/c2ccc([N+](=O)[O-])cc2)ccc1N1CCCCC1. The standard InChI is InChI=1S/C25H30N4O5/c1-34-17-5-14-26-25(31)22-18-20(9-12-23(22)28-15-3-2-4-16-28)27-24(30)13-8-19-6-10-21(11-7-19)29(32)33/h6-13,18H,2-5,14-17H2,1H3,(H,26,31)(H,27,30)/b13-8+. The van der Waals surface area contributed by atoms with Crippen LogP contribution in [0.25, 0.3) is 6.08 Å². The second-order valence-corrected chi connectivity index (χ2v) is 8.05. The third-order valence-corrected chi connectivity index (χ3v) is 5.55. The van der Waals surface area contributed by atoms with E-state index in [0.29, 0.717) is 36.4 Å². The number of hydrogen-bond donors (Lipinski definition) is 2. The molecule has 1 fully saturated rings. The summed E-state index contributed by atoms with van der Waals surface area (Å²) in [6.45, 7) is 2.86. The van der Waals surface area contributed by atoms with Crippen LogP contribution in [0.4, 0.5) is 17.1 Å². The summed E-state index contributed by atoms with van der Waals surface area (Å²) in [6, 6.07) is 11.3. The van der Waals surface area contributed by atoms with Gasteiger partial charge in [-0.3, -0.25) is 19.7 Å². The number of non-ortho nitro benzene ring substituents is 1. The Kier molecular flexibility index (Phi) is 9.16. The van der Waals surface area contributed by atoms with Gasteiger partial charge in [0.15, 0.2) is 0 Å². The van der Waals surface area contributed by atoms with E-state index in [1.165, 1.54) is 24.6 Å². The number of nitro groups is 1. The van der Waals surface area contributed by atoms with Gasteiger partial charge in [0.25, 0.3) is 11.6 Å². The Morgan fingerprint density at radius 2 is 1.85 bits per heavy atom. The van der Waals surface area contributed by atoms with Crippen LogP contribution in [0.15, 0.2) is 48.5 Å². The molecule has 9 nitrogen and oxygen atoms in total. The zero-order valence-corrected chi connectivity index (χ0v) is 19.3. The molecule has 1 heterocycles. The number of nitro benzene ring substituents is 1. The highest BCUT2D eigenvalue weighted by Crippen LogP contribution is 2.27. The lowest BCUT2D eigenvalue weighted by Crippen LogP contribution is -2.33. The van der Waals surface area contributed by atoms with E-state index in [-0.39, 0.29) is 17.5 Å². The largest absolute Gasteiger partial charge is 0.385 e. The Morgan fingerprint density at radius 1 is 1.12 bits per heavy atom. The average molecular weight is 467 g/mol. The third kappa shape index (κ3) is 7.14. The van der Waals surface area contributed by atoms with Crippen LogP contribution in [-0.4, -0.2) is 50.1 Å². The highest BCUT2D eigenvalue weighted by atomic mass is 16.6. The first-order chi connectivity index (χ1) is 16.5. The van der Waals surface area contributed by atoms with Gasteiger partial charge >= 0.3 is 0 Å². The van der Waals surface area contributed by atoms with Gasteiger partial charge in [0.05, 0.1) is 10.5 Å². The van der Waals surface area contributed by atoms with Crippen molar-refractivity contribution in [2.45, 2.75) is 25.7 Å². The van der Waals surface area contributed by atoms with E-state index in [2.05, 4.69) is 15.5 Å². The van der Waals surface area contributed by atoms with Crippen molar-refractivity contribution in [2.75, 3.05) is 43.6 Å². The molecule has 0 bridgehead atoms. The van der Waals surface area contributed by atoms with Crippen molar-refractivity contribution in [2.24, 2.45) is 0 Å². The first-order valence-electron chi connectivity index (χ1n) is 11.4. The predicted octanol–water partition coefficient (Wildman–Crippen LogP) is 4.00. The number of nitrogens with zero attached hydrogens (tertiary/aromatic N) is 2. The van der Waals surface area contributed by atoms with E-state index < -0.39 is 4.92 Å². The molecule has 34 heavy (non-hydrogen) atoms. The molecule has 9 heteroatoms. The Balaban J connectivity index is 1.72. The first-order valence-corrected chi connectivity index (χ1v) is 11.4. The van der Waals surface area contributed by atoms with Crippen molar-refractivity contribution in [3.63, 3.8) is 0 Å². The number of carbonyl (C=O) groups is 2. The minimum Gasteiger partial charge on any atom is -0.385 e. The second-order valence-electron chi connectivity index (χ2n) is 8.05. The summed E-state index contributed by atoms with van der Waals surface area (Å²) in [5, 5.41) is 16.5. The van der Waals surface area contributed by atoms with Crippen LogP contribution in [0.3, 0.4) is 0 Å². The van der Waals surface area contributed by atoms with Gasteiger partial charge in [-0.15, -0.1) is 0 Å². The second kappa shape index (κ2) is 12.5. The maximum Gasteiger partial charge on any atom is 0.269 e.